The highest BCUT2D eigenvalue weighted by atomic mass is 16.2. The molecule has 0 radical (unpaired) electrons. The van der Waals surface area contributed by atoms with Crippen molar-refractivity contribution >= 4 is 5.91 Å². The molecule has 2 aliphatic heterocycles. The maximum Gasteiger partial charge on any atom is 0.237 e. The smallest absolute Gasteiger partial charge is 0.237 e. The second kappa shape index (κ2) is 5.65. The Hall–Kier alpha value is -0.870. The minimum atomic E-state index is -0.440. The molecule has 2 saturated heterocycles. The Labute approximate surface area is 103 Å². The highest BCUT2D eigenvalue weighted by Gasteiger charge is 2.36. The topological polar surface area (TPSA) is 58.4 Å². The normalized spacial score (nSPS) is 30.6. The molecule has 17 heavy (non-hydrogen) atoms. The van der Waals surface area contributed by atoms with E-state index in [2.05, 4.69) is 16.8 Å². The molecule has 4 nitrogen and oxygen atoms in total. The number of hydrogen-bond donors (Lipinski definition) is 2. The van der Waals surface area contributed by atoms with E-state index in [1.54, 1.807) is 6.08 Å². The molecule has 2 fully saturated rings. The summed E-state index contributed by atoms with van der Waals surface area (Å²) in [6, 6.07) is 0.410. The average molecular weight is 237 g/mol. The van der Waals surface area contributed by atoms with Crippen LogP contribution in [0.4, 0.5) is 0 Å². The molecule has 0 saturated carbocycles. The van der Waals surface area contributed by atoms with E-state index in [1.165, 1.54) is 25.8 Å². The van der Waals surface area contributed by atoms with Gasteiger partial charge in [-0.15, -0.1) is 6.58 Å². The first kappa shape index (κ1) is 12.6. The largest absolute Gasteiger partial charge is 0.350 e. The van der Waals surface area contributed by atoms with E-state index in [-0.39, 0.29) is 5.91 Å². The Balaban J connectivity index is 1.86. The van der Waals surface area contributed by atoms with Crippen LogP contribution in [0.2, 0.25) is 0 Å². The van der Waals surface area contributed by atoms with Gasteiger partial charge in [0.25, 0.3) is 0 Å². The second-order valence-corrected chi connectivity index (χ2v) is 5.13. The zero-order valence-corrected chi connectivity index (χ0v) is 10.4. The summed E-state index contributed by atoms with van der Waals surface area (Å²) in [6.07, 6.45) is 7.11. The lowest BCUT2D eigenvalue weighted by molar-refractivity contribution is -0.123. The van der Waals surface area contributed by atoms with Crippen molar-refractivity contribution in [3.05, 3.63) is 12.7 Å². The fourth-order valence-corrected chi connectivity index (χ4v) is 2.99. The van der Waals surface area contributed by atoms with E-state index in [4.69, 9.17) is 5.73 Å². The summed E-state index contributed by atoms with van der Waals surface area (Å²) in [5.74, 6) is -0.0256. The summed E-state index contributed by atoms with van der Waals surface area (Å²) in [4.78, 5) is 14.4. The molecule has 0 aliphatic carbocycles. The van der Waals surface area contributed by atoms with Crippen molar-refractivity contribution < 1.29 is 4.79 Å². The zero-order chi connectivity index (χ0) is 12.3. The minimum Gasteiger partial charge on any atom is -0.350 e. The van der Waals surface area contributed by atoms with Crippen LogP contribution in [0.3, 0.4) is 0 Å². The number of amides is 1. The fraction of sp³-hybridized carbons (Fsp3) is 0.769. The lowest BCUT2D eigenvalue weighted by Crippen LogP contribution is -2.51. The van der Waals surface area contributed by atoms with Crippen LogP contribution >= 0.6 is 0 Å². The van der Waals surface area contributed by atoms with Gasteiger partial charge in [0.1, 0.15) is 0 Å². The van der Waals surface area contributed by atoms with E-state index in [0.717, 1.165) is 13.0 Å². The summed E-state index contributed by atoms with van der Waals surface area (Å²) >= 11 is 0. The fourth-order valence-electron chi connectivity index (χ4n) is 2.99. The van der Waals surface area contributed by atoms with E-state index >= 15 is 0 Å². The molecule has 0 aromatic heterocycles. The number of fused-ring (bicyclic) bond motifs is 1. The van der Waals surface area contributed by atoms with Crippen molar-refractivity contribution in [1.82, 2.24) is 10.2 Å². The molecule has 4 heteroatoms. The monoisotopic (exact) mass is 237 g/mol. The summed E-state index contributed by atoms with van der Waals surface area (Å²) in [6.45, 7) is 5.92. The van der Waals surface area contributed by atoms with Gasteiger partial charge in [-0.1, -0.05) is 12.5 Å². The van der Waals surface area contributed by atoms with E-state index in [9.17, 15) is 4.79 Å². The van der Waals surface area contributed by atoms with Crippen LogP contribution in [0.5, 0.6) is 0 Å². The molecule has 3 atom stereocenters. The number of carbonyl (C=O) groups is 1. The number of nitrogens with one attached hydrogen (secondary N) is 1. The Morgan fingerprint density at radius 1 is 1.47 bits per heavy atom. The second-order valence-electron chi connectivity index (χ2n) is 5.13. The van der Waals surface area contributed by atoms with Crippen LogP contribution in [0.25, 0.3) is 0 Å². The van der Waals surface area contributed by atoms with Crippen LogP contribution in [0.15, 0.2) is 12.7 Å². The van der Waals surface area contributed by atoms with Crippen LogP contribution in [0.1, 0.15) is 32.1 Å². The highest BCUT2D eigenvalue weighted by Crippen LogP contribution is 2.27. The lowest BCUT2D eigenvalue weighted by atomic mass is 9.98. The third-order valence-corrected chi connectivity index (χ3v) is 3.94. The van der Waals surface area contributed by atoms with Crippen LogP contribution in [0, 0.1) is 0 Å². The predicted octanol–water partition coefficient (Wildman–Crippen LogP) is 0.633. The first-order chi connectivity index (χ1) is 8.22. The molecule has 0 bridgehead atoms. The van der Waals surface area contributed by atoms with Gasteiger partial charge in [-0.3, -0.25) is 9.69 Å². The van der Waals surface area contributed by atoms with Crippen LogP contribution < -0.4 is 11.1 Å². The highest BCUT2D eigenvalue weighted by molar-refractivity contribution is 5.82. The quantitative estimate of drug-likeness (QED) is 0.705. The van der Waals surface area contributed by atoms with Crippen LogP contribution in [-0.2, 0) is 4.79 Å². The Morgan fingerprint density at radius 2 is 2.29 bits per heavy atom. The van der Waals surface area contributed by atoms with Crippen molar-refractivity contribution in [2.45, 2.75) is 50.2 Å². The van der Waals surface area contributed by atoms with Crippen LogP contribution in [-0.4, -0.2) is 42.0 Å². The molecule has 0 spiro atoms. The minimum absolute atomic E-state index is 0.0256. The third kappa shape index (κ3) is 2.87. The van der Waals surface area contributed by atoms with Gasteiger partial charge in [0, 0.05) is 18.6 Å². The molecule has 2 heterocycles. The van der Waals surface area contributed by atoms with Crippen molar-refractivity contribution in [1.29, 1.82) is 0 Å². The van der Waals surface area contributed by atoms with Gasteiger partial charge in [-0.2, -0.15) is 0 Å². The number of nitrogens with zero attached hydrogens (tertiary/aromatic N) is 1. The van der Waals surface area contributed by atoms with Gasteiger partial charge in [0.05, 0.1) is 6.04 Å². The van der Waals surface area contributed by atoms with Gasteiger partial charge in [-0.05, 0) is 32.2 Å². The molecule has 96 valence electrons. The number of rotatable bonds is 4. The van der Waals surface area contributed by atoms with Crippen molar-refractivity contribution in [3.8, 4) is 0 Å². The molecule has 2 rings (SSSR count). The van der Waals surface area contributed by atoms with Gasteiger partial charge < -0.3 is 11.1 Å². The van der Waals surface area contributed by atoms with Crippen molar-refractivity contribution in [2.24, 2.45) is 5.73 Å². The summed E-state index contributed by atoms with van der Waals surface area (Å²) < 4.78 is 0. The molecule has 2 aliphatic rings. The van der Waals surface area contributed by atoms with Crippen molar-refractivity contribution in [3.63, 3.8) is 0 Å². The molecule has 0 aromatic carbocycles. The number of piperidine rings is 1. The first-order valence-electron chi connectivity index (χ1n) is 6.63. The zero-order valence-electron chi connectivity index (χ0n) is 10.4. The molecular formula is C13H23N3O. The SMILES string of the molecule is C=CCC(N)C(=O)NC1CCN2CCCCC12. The van der Waals surface area contributed by atoms with E-state index in [0.29, 0.717) is 18.5 Å². The average Bonchev–Trinajstić information content (AvgIpc) is 2.73. The standard InChI is InChI=1S/C13H23N3O/c1-2-5-10(14)13(17)15-11-7-9-16-8-4-3-6-12(11)16/h2,10-12H,1,3-9,14H2,(H,15,17). The summed E-state index contributed by atoms with van der Waals surface area (Å²) in [5, 5.41) is 3.11. The van der Waals surface area contributed by atoms with Crippen molar-refractivity contribution in [2.75, 3.05) is 13.1 Å². The van der Waals surface area contributed by atoms with Gasteiger partial charge in [0.15, 0.2) is 0 Å². The summed E-state index contributed by atoms with van der Waals surface area (Å²) in [5.41, 5.74) is 5.78. The van der Waals surface area contributed by atoms with Gasteiger partial charge >= 0.3 is 0 Å². The number of hydrogen-bond acceptors (Lipinski definition) is 3. The third-order valence-electron chi connectivity index (χ3n) is 3.94. The molecule has 1 amide bonds. The predicted molar refractivity (Wildman–Crippen MR) is 68.5 cm³/mol. The molecule has 3 N–H and O–H groups in total. The van der Waals surface area contributed by atoms with E-state index in [1.807, 2.05) is 0 Å². The van der Waals surface area contributed by atoms with Gasteiger partial charge in [-0.25, -0.2) is 0 Å². The summed E-state index contributed by atoms with van der Waals surface area (Å²) in [7, 11) is 0. The maximum atomic E-state index is 11.9. The Bertz CT molecular complexity index is 292. The number of carbonyl (C=O) groups excluding carboxylic acids is 1. The lowest BCUT2D eigenvalue weighted by Gasteiger charge is -2.32. The molecule has 3 unspecified atom stereocenters. The number of nitrogens with two attached hydrogens (primary N) is 1. The Kier molecular flexibility index (Phi) is 4.18. The molecular weight excluding hydrogens is 214 g/mol. The van der Waals surface area contributed by atoms with E-state index < -0.39 is 6.04 Å². The van der Waals surface area contributed by atoms with Gasteiger partial charge in [0.2, 0.25) is 5.91 Å². The Morgan fingerprint density at radius 3 is 3.06 bits per heavy atom. The maximum absolute atomic E-state index is 11.9. The molecule has 0 aromatic rings. The first-order valence-corrected chi connectivity index (χ1v) is 6.63.